The topological polar surface area (TPSA) is 27.1 Å². The van der Waals surface area contributed by atoms with Crippen LogP contribution >= 0.6 is 0 Å². The summed E-state index contributed by atoms with van der Waals surface area (Å²) < 4.78 is 7.36. The van der Waals surface area contributed by atoms with Gasteiger partial charge in [-0.3, -0.25) is 4.78 Å². The molecule has 0 saturated carbocycles. The van der Waals surface area contributed by atoms with Gasteiger partial charge in [0.15, 0.2) is 0 Å². The van der Waals surface area contributed by atoms with Gasteiger partial charge in [0.25, 0.3) is 0 Å². The smallest absolute Gasteiger partial charge is 0.0167 e. The average Bonchev–Trinajstić information content (AvgIpc) is 1.77. The Labute approximate surface area is 52.8 Å². The SMILES string of the molecule is CN1CCS(=N)CC1. The molecule has 0 aromatic heterocycles. The molecule has 0 spiro atoms. The van der Waals surface area contributed by atoms with Crippen LogP contribution in [0, 0.1) is 4.78 Å². The van der Waals surface area contributed by atoms with Crippen molar-refractivity contribution < 1.29 is 0 Å². The van der Waals surface area contributed by atoms with E-state index in [-0.39, 0.29) is 10.7 Å². The molecule has 1 N–H and O–H groups in total. The zero-order valence-corrected chi connectivity index (χ0v) is 6.00. The third-order valence-corrected chi connectivity index (χ3v) is 2.79. The van der Waals surface area contributed by atoms with Crippen LogP contribution in [0.5, 0.6) is 0 Å². The predicted octanol–water partition coefficient (Wildman–Crippen LogP) is 0.312. The Kier molecular flexibility index (Phi) is 2.02. The maximum atomic E-state index is 7.36. The summed E-state index contributed by atoms with van der Waals surface area (Å²) in [4.78, 5) is 2.29. The highest BCUT2D eigenvalue weighted by Crippen LogP contribution is 1.95. The van der Waals surface area contributed by atoms with Crippen molar-refractivity contribution in [1.82, 2.24) is 4.90 Å². The summed E-state index contributed by atoms with van der Waals surface area (Å²) in [6.07, 6.45) is 0. The molecule has 1 aliphatic heterocycles. The highest BCUT2D eigenvalue weighted by atomic mass is 32.2. The second kappa shape index (κ2) is 2.60. The van der Waals surface area contributed by atoms with Crippen molar-refractivity contribution in [1.29, 1.82) is 4.78 Å². The minimum atomic E-state index is -0.00256. The molecule has 1 fully saturated rings. The highest BCUT2D eigenvalue weighted by molar-refractivity contribution is 7.86. The Morgan fingerprint density at radius 2 is 1.88 bits per heavy atom. The van der Waals surface area contributed by atoms with E-state index in [4.69, 9.17) is 4.78 Å². The third kappa shape index (κ3) is 1.56. The van der Waals surface area contributed by atoms with Crippen LogP contribution in [0.15, 0.2) is 0 Å². The lowest BCUT2D eigenvalue weighted by Crippen LogP contribution is -2.33. The van der Waals surface area contributed by atoms with Gasteiger partial charge in [-0.15, -0.1) is 10.7 Å². The Bertz CT molecular complexity index is 92.6. The largest absolute Gasteiger partial charge is 0.305 e. The van der Waals surface area contributed by atoms with Crippen molar-refractivity contribution in [3.63, 3.8) is 0 Å². The van der Waals surface area contributed by atoms with Crippen LogP contribution in [0.2, 0.25) is 0 Å². The van der Waals surface area contributed by atoms with Gasteiger partial charge < -0.3 is 4.90 Å². The van der Waals surface area contributed by atoms with Crippen LogP contribution in [0.1, 0.15) is 0 Å². The second-order valence-corrected chi connectivity index (χ2v) is 4.01. The molecule has 0 unspecified atom stereocenters. The van der Waals surface area contributed by atoms with Crippen molar-refractivity contribution in [2.75, 3.05) is 31.6 Å². The van der Waals surface area contributed by atoms with E-state index in [2.05, 4.69) is 11.9 Å². The molecule has 3 heteroatoms. The van der Waals surface area contributed by atoms with Gasteiger partial charge in [0, 0.05) is 24.6 Å². The van der Waals surface area contributed by atoms with E-state index in [1.54, 1.807) is 0 Å². The molecular formula is C5H12N2S. The molecule has 8 heavy (non-hydrogen) atoms. The molecule has 1 heterocycles. The molecular weight excluding hydrogens is 120 g/mol. The van der Waals surface area contributed by atoms with Gasteiger partial charge in [0.05, 0.1) is 0 Å². The first-order chi connectivity index (χ1) is 3.79. The van der Waals surface area contributed by atoms with E-state index in [9.17, 15) is 0 Å². The van der Waals surface area contributed by atoms with Crippen molar-refractivity contribution in [2.24, 2.45) is 0 Å². The highest BCUT2D eigenvalue weighted by Gasteiger charge is 2.06. The van der Waals surface area contributed by atoms with E-state index >= 15 is 0 Å². The lowest BCUT2D eigenvalue weighted by atomic mass is 10.6. The molecule has 1 saturated heterocycles. The first-order valence-electron chi connectivity index (χ1n) is 2.86. The van der Waals surface area contributed by atoms with E-state index in [1.807, 2.05) is 0 Å². The summed E-state index contributed by atoms with van der Waals surface area (Å²) in [6.45, 7) is 2.26. The Hall–Kier alpha value is 0.110. The van der Waals surface area contributed by atoms with E-state index in [1.165, 1.54) is 0 Å². The van der Waals surface area contributed by atoms with E-state index in [0.717, 1.165) is 24.6 Å². The quantitative estimate of drug-likeness (QED) is 0.504. The molecule has 0 radical (unpaired) electrons. The third-order valence-electron chi connectivity index (χ3n) is 1.44. The lowest BCUT2D eigenvalue weighted by Gasteiger charge is -2.22. The first kappa shape index (κ1) is 6.23. The lowest BCUT2D eigenvalue weighted by molar-refractivity contribution is 0.370. The van der Waals surface area contributed by atoms with Crippen LogP contribution in [-0.2, 0) is 10.7 Å². The van der Waals surface area contributed by atoms with Crippen LogP contribution < -0.4 is 0 Å². The molecule has 0 aromatic carbocycles. The Morgan fingerprint density at radius 3 is 2.25 bits per heavy atom. The Morgan fingerprint density at radius 1 is 1.38 bits per heavy atom. The summed E-state index contributed by atoms with van der Waals surface area (Å²) in [6, 6.07) is 0. The first-order valence-corrected chi connectivity index (χ1v) is 4.42. The van der Waals surface area contributed by atoms with Crippen LogP contribution in [-0.4, -0.2) is 36.5 Å². The number of rotatable bonds is 0. The number of hydrogen-bond acceptors (Lipinski definition) is 2. The van der Waals surface area contributed by atoms with Gasteiger partial charge in [-0.25, -0.2) is 0 Å². The molecule has 1 rings (SSSR count). The number of nitrogens with one attached hydrogen (secondary N) is 1. The summed E-state index contributed by atoms with van der Waals surface area (Å²) in [5, 5.41) is 0. The fourth-order valence-electron chi connectivity index (χ4n) is 0.746. The van der Waals surface area contributed by atoms with Crippen LogP contribution in [0.25, 0.3) is 0 Å². The molecule has 0 aromatic rings. The summed E-state index contributed by atoms with van der Waals surface area (Å²) >= 11 is 0. The Balaban J connectivity index is 2.29. The van der Waals surface area contributed by atoms with Crippen molar-refractivity contribution in [2.45, 2.75) is 0 Å². The summed E-state index contributed by atoms with van der Waals surface area (Å²) in [5.41, 5.74) is 0. The minimum Gasteiger partial charge on any atom is -0.305 e. The van der Waals surface area contributed by atoms with Gasteiger partial charge >= 0.3 is 0 Å². The fraction of sp³-hybridized carbons (Fsp3) is 1.00. The maximum absolute atomic E-state index is 7.36. The second-order valence-electron chi connectivity index (χ2n) is 2.20. The average molecular weight is 132 g/mol. The van der Waals surface area contributed by atoms with E-state index in [0.29, 0.717) is 0 Å². The van der Waals surface area contributed by atoms with Crippen LogP contribution in [0.4, 0.5) is 0 Å². The van der Waals surface area contributed by atoms with Gasteiger partial charge in [-0.1, -0.05) is 0 Å². The molecule has 0 bridgehead atoms. The molecule has 0 aliphatic carbocycles. The molecule has 1 aliphatic rings. The summed E-state index contributed by atoms with van der Waals surface area (Å²) in [5.74, 6) is 2.19. The van der Waals surface area contributed by atoms with Crippen molar-refractivity contribution in [3.8, 4) is 0 Å². The van der Waals surface area contributed by atoms with Gasteiger partial charge in [-0.2, -0.15) is 0 Å². The maximum Gasteiger partial charge on any atom is 0.0167 e. The standard InChI is InChI=1S/C5H12N2S/c1-7-2-4-8(6)5-3-7/h6H,2-5H2,1H3. The molecule has 2 nitrogen and oxygen atoms in total. The zero-order valence-electron chi connectivity index (χ0n) is 5.18. The molecule has 48 valence electrons. The van der Waals surface area contributed by atoms with E-state index < -0.39 is 0 Å². The monoisotopic (exact) mass is 132 g/mol. The number of nitrogens with zero attached hydrogens (tertiary/aromatic N) is 1. The number of hydrogen-bond donors (Lipinski definition) is 1. The van der Waals surface area contributed by atoms with Gasteiger partial charge in [-0.05, 0) is 7.05 Å². The van der Waals surface area contributed by atoms with Crippen molar-refractivity contribution in [3.05, 3.63) is 0 Å². The van der Waals surface area contributed by atoms with Gasteiger partial charge in [0.1, 0.15) is 0 Å². The predicted molar refractivity (Wildman–Crippen MR) is 37.3 cm³/mol. The minimum absolute atomic E-state index is 0.00256. The normalized spacial score (nSPS) is 26.1. The fourth-order valence-corrected chi connectivity index (χ4v) is 2.01. The van der Waals surface area contributed by atoms with Crippen LogP contribution in [0.3, 0.4) is 0 Å². The summed E-state index contributed by atoms with van der Waals surface area (Å²) in [7, 11) is 2.12. The molecule has 0 amide bonds. The van der Waals surface area contributed by atoms with Gasteiger partial charge in [0.2, 0.25) is 0 Å². The zero-order chi connectivity index (χ0) is 5.98. The van der Waals surface area contributed by atoms with Crippen molar-refractivity contribution >= 4 is 10.7 Å². The molecule has 0 atom stereocenters.